The van der Waals surface area contributed by atoms with Crippen molar-refractivity contribution in [3.05, 3.63) is 0 Å². The van der Waals surface area contributed by atoms with Gasteiger partial charge in [0, 0.05) is 5.92 Å². The van der Waals surface area contributed by atoms with Gasteiger partial charge in [-0.05, 0) is 6.92 Å². The molecule has 18 heteroatoms. The summed E-state index contributed by atoms with van der Waals surface area (Å²) in [6.07, 6.45) is -7.36. The molecule has 27 heavy (non-hydrogen) atoms. The summed E-state index contributed by atoms with van der Waals surface area (Å²) >= 11 is 0. The molecule has 0 spiro atoms. The van der Waals surface area contributed by atoms with Gasteiger partial charge < -0.3 is 28.6 Å². The standard InChI is InChI=1S/C9H19NO14S3/c1-4(11)8(12)7-6(3-23-26(16,17)18)22-2-5(10-25(13,14)15)9(7)24-27(19,20)21/h4-12H,2-3H2,1H3,(H,13,14,15)(H,16,17,18)(H,19,20,21)/p-3/t4?,5?,6?,7-,8?,9-/m0/s1. The Balaban J connectivity index is 3.30. The normalized spacial score (nSPS) is 30.0. The summed E-state index contributed by atoms with van der Waals surface area (Å²) in [6, 6.07) is -1.81. The monoisotopic (exact) mass is 458 g/mol. The molecule has 1 saturated heterocycles. The second-order valence-corrected chi connectivity index (χ2v) is 8.73. The molecule has 1 rings (SSSR count). The maximum absolute atomic E-state index is 11.0. The van der Waals surface area contributed by atoms with E-state index in [1.807, 2.05) is 0 Å². The summed E-state index contributed by atoms with van der Waals surface area (Å²) < 4.78 is 112. The molecule has 162 valence electrons. The van der Waals surface area contributed by atoms with Crippen LogP contribution in [0.3, 0.4) is 0 Å². The second kappa shape index (κ2) is 8.88. The van der Waals surface area contributed by atoms with Crippen LogP contribution in [0.1, 0.15) is 6.92 Å². The van der Waals surface area contributed by atoms with Gasteiger partial charge in [-0.15, -0.1) is 0 Å². The van der Waals surface area contributed by atoms with E-state index in [1.165, 1.54) is 4.72 Å². The summed E-state index contributed by atoms with van der Waals surface area (Å²) in [5.74, 6) is -1.80. The molecule has 0 aliphatic carbocycles. The first kappa shape index (κ1) is 24.5. The average Bonchev–Trinajstić information content (AvgIpc) is 2.42. The van der Waals surface area contributed by atoms with E-state index in [0.717, 1.165) is 6.92 Å². The Morgan fingerprint density at radius 2 is 1.67 bits per heavy atom. The lowest BCUT2D eigenvalue weighted by Crippen LogP contribution is -2.62. The highest BCUT2D eigenvalue weighted by molar-refractivity contribution is 7.83. The molecule has 1 heterocycles. The minimum atomic E-state index is -5.53. The first-order valence-corrected chi connectivity index (χ1v) is 11.0. The lowest BCUT2D eigenvalue weighted by Gasteiger charge is -2.45. The van der Waals surface area contributed by atoms with Gasteiger partial charge in [0.05, 0.1) is 37.6 Å². The minimum Gasteiger partial charge on any atom is -0.735 e. The van der Waals surface area contributed by atoms with Gasteiger partial charge in [-0.2, -0.15) is 0 Å². The molecule has 0 aromatic carbocycles. The molecule has 1 fully saturated rings. The third-order valence-electron chi connectivity index (χ3n) is 3.49. The summed E-state index contributed by atoms with van der Waals surface area (Å²) in [5.41, 5.74) is 0. The van der Waals surface area contributed by atoms with Crippen molar-refractivity contribution in [2.45, 2.75) is 37.4 Å². The Hall–Kier alpha value is -0.510. The number of aliphatic hydroxyl groups is 2. The Morgan fingerprint density at radius 1 is 1.11 bits per heavy atom. The third kappa shape index (κ3) is 8.58. The van der Waals surface area contributed by atoms with Gasteiger partial charge in [-0.3, -0.25) is 8.37 Å². The van der Waals surface area contributed by atoms with Crippen molar-refractivity contribution in [2.75, 3.05) is 13.2 Å². The molecule has 0 saturated carbocycles. The second-order valence-electron chi connectivity index (χ2n) is 5.52. The first-order valence-electron chi connectivity index (χ1n) is 6.95. The van der Waals surface area contributed by atoms with Crippen LogP contribution in [0.25, 0.3) is 0 Å². The van der Waals surface area contributed by atoms with Gasteiger partial charge in [-0.25, -0.2) is 30.0 Å². The van der Waals surface area contributed by atoms with Crippen LogP contribution in [-0.2, 0) is 44.2 Å². The SMILES string of the molecule is CC(O)C(O)[C@@H]1C(COS(=O)(=O)[O-])OCC(NS(=O)(=O)[O-])[C@@H]1OS(=O)(=O)[O-]. The fourth-order valence-electron chi connectivity index (χ4n) is 2.51. The maximum atomic E-state index is 11.0. The third-order valence-corrected chi connectivity index (χ3v) is 4.96. The Bertz CT molecular complexity index is 805. The molecule has 0 aromatic heterocycles. The molecule has 1 aliphatic heterocycles. The molecule has 6 atom stereocenters. The van der Waals surface area contributed by atoms with E-state index < -0.39 is 80.7 Å². The molecule has 15 nitrogen and oxygen atoms in total. The van der Waals surface area contributed by atoms with Crippen LogP contribution in [0.15, 0.2) is 0 Å². The molecule has 0 radical (unpaired) electrons. The highest BCUT2D eigenvalue weighted by atomic mass is 32.3. The zero-order valence-corrected chi connectivity index (χ0v) is 15.8. The lowest BCUT2D eigenvalue weighted by molar-refractivity contribution is -0.163. The van der Waals surface area contributed by atoms with Crippen molar-refractivity contribution >= 4 is 31.1 Å². The van der Waals surface area contributed by atoms with Crippen molar-refractivity contribution in [3.8, 4) is 0 Å². The molecule has 0 bridgehead atoms. The Kier molecular flexibility index (Phi) is 8.07. The minimum absolute atomic E-state index is 0.822. The van der Waals surface area contributed by atoms with E-state index in [9.17, 15) is 49.1 Å². The van der Waals surface area contributed by atoms with Gasteiger partial charge >= 0.3 is 0 Å². The van der Waals surface area contributed by atoms with E-state index in [2.05, 4.69) is 8.37 Å². The van der Waals surface area contributed by atoms with Crippen LogP contribution >= 0.6 is 0 Å². The van der Waals surface area contributed by atoms with E-state index in [0.29, 0.717) is 0 Å². The highest BCUT2D eigenvalue weighted by Crippen LogP contribution is 2.31. The van der Waals surface area contributed by atoms with Crippen LogP contribution in [0.4, 0.5) is 0 Å². The van der Waals surface area contributed by atoms with Gasteiger partial charge in [-0.1, -0.05) is 0 Å². The van der Waals surface area contributed by atoms with E-state index >= 15 is 0 Å². The summed E-state index contributed by atoms with van der Waals surface area (Å²) in [5, 5.41) is 19.6. The molecular weight excluding hydrogens is 442 g/mol. The number of rotatable bonds is 9. The largest absolute Gasteiger partial charge is 0.735 e. The summed E-state index contributed by atoms with van der Waals surface area (Å²) in [4.78, 5) is 0. The van der Waals surface area contributed by atoms with Crippen molar-refractivity contribution in [1.82, 2.24) is 4.72 Å². The van der Waals surface area contributed by atoms with Crippen molar-refractivity contribution in [1.29, 1.82) is 0 Å². The predicted molar refractivity (Wildman–Crippen MR) is 77.8 cm³/mol. The number of hydrogen-bond acceptors (Lipinski definition) is 14. The molecular formula is C9H16NO14S3-3. The molecule has 1 aliphatic rings. The smallest absolute Gasteiger partial charge is 0.217 e. The average molecular weight is 458 g/mol. The molecule has 4 unspecified atom stereocenters. The van der Waals surface area contributed by atoms with Crippen LogP contribution in [0.5, 0.6) is 0 Å². The number of nitrogens with one attached hydrogen (secondary N) is 1. The zero-order valence-electron chi connectivity index (χ0n) is 13.4. The molecule has 0 aromatic rings. The summed E-state index contributed by atoms with van der Waals surface area (Å²) in [7, 11) is -16.0. The predicted octanol–water partition coefficient (Wildman–Crippen LogP) is -4.52. The van der Waals surface area contributed by atoms with Crippen LogP contribution in [-0.4, -0.2) is 92.8 Å². The molecule has 3 N–H and O–H groups in total. The van der Waals surface area contributed by atoms with E-state index in [1.54, 1.807) is 0 Å². The maximum Gasteiger partial charge on any atom is 0.217 e. The quantitative estimate of drug-likeness (QED) is 0.217. The van der Waals surface area contributed by atoms with Crippen LogP contribution in [0.2, 0.25) is 0 Å². The fourth-order valence-corrected chi connectivity index (χ4v) is 3.92. The Labute approximate surface area is 155 Å². The van der Waals surface area contributed by atoms with Gasteiger partial charge in [0.1, 0.15) is 6.10 Å². The highest BCUT2D eigenvalue weighted by Gasteiger charge is 2.48. The first-order chi connectivity index (χ1) is 12.0. The van der Waals surface area contributed by atoms with Gasteiger partial charge in [0.2, 0.25) is 20.8 Å². The fraction of sp³-hybridized carbons (Fsp3) is 1.00. The van der Waals surface area contributed by atoms with E-state index in [4.69, 9.17) is 4.74 Å². The van der Waals surface area contributed by atoms with Crippen LogP contribution < -0.4 is 4.72 Å². The number of hydrogen-bond donors (Lipinski definition) is 3. The van der Waals surface area contributed by atoms with Crippen molar-refractivity contribution in [2.24, 2.45) is 5.92 Å². The van der Waals surface area contributed by atoms with E-state index in [-0.39, 0.29) is 0 Å². The van der Waals surface area contributed by atoms with Crippen molar-refractivity contribution in [3.63, 3.8) is 0 Å². The topological polar surface area (TPSA) is 252 Å². The summed E-state index contributed by atoms with van der Waals surface area (Å²) in [6.45, 7) is -0.898. The van der Waals surface area contributed by atoms with Gasteiger partial charge in [0.15, 0.2) is 10.3 Å². The Morgan fingerprint density at radius 3 is 2.07 bits per heavy atom. The lowest BCUT2D eigenvalue weighted by atomic mass is 9.83. The van der Waals surface area contributed by atoms with Crippen LogP contribution in [0, 0.1) is 5.92 Å². The zero-order chi connectivity index (χ0) is 21.2. The van der Waals surface area contributed by atoms with Crippen molar-refractivity contribution < 1.29 is 62.2 Å². The molecule has 0 amide bonds. The number of ether oxygens (including phenoxy) is 1. The number of aliphatic hydroxyl groups excluding tert-OH is 2. The van der Waals surface area contributed by atoms with Gasteiger partial charge in [0.25, 0.3) is 0 Å².